The topological polar surface area (TPSA) is 55.5 Å². The Kier molecular flexibility index (Phi) is 3.91. The number of hydrogen-bond donors (Lipinski definition) is 2. The van der Waals surface area contributed by atoms with E-state index in [1.165, 1.54) is 19.2 Å². The summed E-state index contributed by atoms with van der Waals surface area (Å²) in [7, 11) is 1.40. The number of aromatic hydroxyl groups is 1. The van der Waals surface area contributed by atoms with Gasteiger partial charge in [0.2, 0.25) is 0 Å². The largest absolute Gasteiger partial charge is 0.508 e. The maximum atomic E-state index is 13.8. The standard InChI is InChI=1S/C11H16FNO2/c1-7(5-6-13)10-8(14)3-4-9(15-2)11(10)12/h3-4,7,14H,5-6,13H2,1-2H3. The van der Waals surface area contributed by atoms with Crippen LogP contribution < -0.4 is 10.5 Å². The van der Waals surface area contributed by atoms with Gasteiger partial charge in [0.1, 0.15) is 5.75 Å². The van der Waals surface area contributed by atoms with Crippen molar-refractivity contribution in [3.05, 3.63) is 23.5 Å². The average Bonchev–Trinajstić information content (AvgIpc) is 2.18. The van der Waals surface area contributed by atoms with Gasteiger partial charge in [0.05, 0.1) is 7.11 Å². The van der Waals surface area contributed by atoms with Gasteiger partial charge in [-0.3, -0.25) is 0 Å². The van der Waals surface area contributed by atoms with Crippen LogP contribution >= 0.6 is 0 Å². The van der Waals surface area contributed by atoms with Crippen molar-refractivity contribution < 1.29 is 14.2 Å². The Bertz CT molecular complexity index is 342. The third-order valence-electron chi connectivity index (χ3n) is 2.43. The number of nitrogens with two attached hydrogens (primary N) is 1. The number of benzene rings is 1. The van der Waals surface area contributed by atoms with Crippen LogP contribution in [0.15, 0.2) is 12.1 Å². The van der Waals surface area contributed by atoms with Crippen LogP contribution in [0.5, 0.6) is 11.5 Å². The summed E-state index contributed by atoms with van der Waals surface area (Å²) in [6.07, 6.45) is 0.623. The van der Waals surface area contributed by atoms with Crippen LogP contribution in [0.3, 0.4) is 0 Å². The van der Waals surface area contributed by atoms with Crippen LogP contribution in [-0.4, -0.2) is 18.8 Å². The summed E-state index contributed by atoms with van der Waals surface area (Å²) in [5.41, 5.74) is 5.68. The smallest absolute Gasteiger partial charge is 0.172 e. The summed E-state index contributed by atoms with van der Waals surface area (Å²) in [5.74, 6) is -0.524. The van der Waals surface area contributed by atoms with Gasteiger partial charge in [-0.25, -0.2) is 4.39 Å². The van der Waals surface area contributed by atoms with Gasteiger partial charge in [-0.15, -0.1) is 0 Å². The quantitative estimate of drug-likeness (QED) is 0.804. The second-order valence-corrected chi connectivity index (χ2v) is 3.49. The highest BCUT2D eigenvalue weighted by Gasteiger charge is 2.18. The molecular formula is C11H16FNO2. The Morgan fingerprint density at radius 2 is 2.20 bits per heavy atom. The molecule has 0 spiro atoms. The number of halogens is 1. The second-order valence-electron chi connectivity index (χ2n) is 3.49. The summed E-state index contributed by atoms with van der Waals surface area (Å²) in [4.78, 5) is 0. The van der Waals surface area contributed by atoms with Gasteiger partial charge in [0.15, 0.2) is 11.6 Å². The minimum atomic E-state index is -0.501. The summed E-state index contributed by atoms with van der Waals surface area (Å²) in [6.45, 7) is 2.28. The van der Waals surface area contributed by atoms with Gasteiger partial charge in [-0.05, 0) is 31.0 Å². The van der Waals surface area contributed by atoms with Crippen molar-refractivity contribution in [1.29, 1.82) is 0 Å². The number of phenols is 1. The zero-order chi connectivity index (χ0) is 11.4. The summed E-state index contributed by atoms with van der Waals surface area (Å²) < 4.78 is 18.6. The molecule has 15 heavy (non-hydrogen) atoms. The Labute approximate surface area is 88.7 Å². The summed E-state index contributed by atoms with van der Waals surface area (Å²) in [6, 6.07) is 2.84. The van der Waals surface area contributed by atoms with Crippen LogP contribution in [-0.2, 0) is 0 Å². The van der Waals surface area contributed by atoms with Gasteiger partial charge in [-0.2, -0.15) is 0 Å². The molecule has 3 nitrogen and oxygen atoms in total. The first-order chi connectivity index (χ1) is 7.11. The Morgan fingerprint density at radius 1 is 1.53 bits per heavy atom. The van der Waals surface area contributed by atoms with E-state index in [1.807, 2.05) is 6.92 Å². The van der Waals surface area contributed by atoms with E-state index in [0.717, 1.165) is 0 Å². The van der Waals surface area contributed by atoms with Crippen molar-refractivity contribution in [2.24, 2.45) is 5.73 Å². The zero-order valence-corrected chi connectivity index (χ0v) is 8.96. The molecule has 0 saturated carbocycles. The van der Waals surface area contributed by atoms with Crippen LogP contribution in [0.4, 0.5) is 4.39 Å². The van der Waals surface area contributed by atoms with Crippen molar-refractivity contribution in [3.63, 3.8) is 0 Å². The first kappa shape index (κ1) is 11.8. The van der Waals surface area contributed by atoms with E-state index in [1.54, 1.807) is 0 Å². The molecule has 1 aromatic rings. The molecule has 0 aliphatic carbocycles. The highest BCUT2D eigenvalue weighted by molar-refractivity contribution is 5.43. The predicted molar refractivity (Wildman–Crippen MR) is 56.7 cm³/mol. The van der Waals surface area contributed by atoms with E-state index < -0.39 is 5.82 Å². The summed E-state index contributed by atoms with van der Waals surface area (Å²) >= 11 is 0. The van der Waals surface area contributed by atoms with E-state index in [-0.39, 0.29) is 23.0 Å². The molecule has 0 fully saturated rings. The van der Waals surface area contributed by atoms with Gasteiger partial charge in [0, 0.05) is 5.56 Å². The lowest BCUT2D eigenvalue weighted by molar-refractivity contribution is 0.375. The van der Waals surface area contributed by atoms with E-state index in [4.69, 9.17) is 10.5 Å². The molecule has 1 unspecified atom stereocenters. The third kappa shape index (κ3) is 2.39. The molecule has 0 saturated heterocycles. The number of hydrogen-bond acceptors (Lipinski definition) is 3. The highest BCUT2D eigenvalue weighted by atomic mass is 19.1. The average molecular weight is 213 g/mol. The lowest BCUT2D eigenvalue weighted by atomic mass is 9.96. The van der Waals surface area contributed by atoms with Crippen molar-refractivity contribution in [2.45, 2.75) is 19.3 Å². The molecule has 1 rings (SSSR count). The fourth-order valence-corrected chi connectivity index (χ4v) is 1.58. The third-order valence-corrected chi connectivity index (χ3v) is 2.43. The fourth-order valence-electron chi connectivity index (χ4n) is 1.58. The summed E-state index contributed by atoms with van der Waals surface area (Å²) in [5, 5.41) is 9.57. The minimum absolute atomic E-state index is 0.0470. The molecule has 0 aromatic heterocycles. The molecule has 0 bridgehead atoms. The van der Waals surface area contributed by atoms with Crippen molar-refractivity contribution in [3.8, 4) is 11.5 Å². The molecular weight excluding hydrogens is 197 g/mol. The molecule has 0 heterocycles. The van der Waals surface area contributed by atoms with Gasteiger partial charge < -0.3 is 15.6 Å². The van der Waals surface area contributed by atoms with E-state index in [2.05, 4.69) is 0 Å². The fraction of sp³-hybridized carbons (Fsp3) is 0.455. The Morgan fingerprint density at radius 3 is 2.73 bits per heavy atom. The highest BCUT2D eigenvalue weighted by Crippen LogP contribution is 2.34. The molecule has 3 N–H and O–H groups in total. The van der Waals surface area contributed by atoms with Crippen molar-refractivity contribution in [2.75, 3.05) is 13.7 Å². The van der Waals surface area contributed by atoms with Gasteiger partial charge >= 0.3 is 0 Å². The molecule has 1 aromatic carbocycles. The van der Waals surface area contributed by atoms with Crippen molar-refractivity contribution >= 4 is 0 Å². The van der Waals surface area contributed by atoms with Crippen LogP contribution in [0, 0.1) is 5.82 Å². The lowest BCUT2D eigenvalue weighted by Crippen LogP contribution is -2.07. The van der Waals surface area contributed by atoms with Crippen LogP contribution in [0.2, 0.25) is 0 Å². The maximum absolute atomic E-state index is 13.8. The first-order valence-corrected chi connectivity index (χ1v) is 4.87. The first-order valence-electron chi connectivity index (χ1n) is 4.87. The molecule has 1 atom stereocenters. The Hall–Kier alpha value is -1.29. The van der Waals surface area contributed by atoms with E-state index in [9.17, 15) is 9.50 Å². The van der Waals surface area contributed by atoms with Gasteiger partial charge in [0.25, 0.3) is 0 Å². The van der Waals surface area contributed by atoms with E-state index >= 15 is 0 Å². The van der Waals surface area contributed by atoms with Crippen LogP contribution in [0.1, 0.15) is 24.8 Å². The minimum Gasteiger partial charge on any atom is -0.508 e. The Balaban J connectivity index is 3.14. The monoisotopic (exact) mass is 213 g/mol. The number of phenolic OH excluding ortho intramolecular Hbond substituents is 1. The van der Waals surface area contributed by atoms with E-state index in [0.29, 0.717) is 13.0 Å². The van der Waals surface area contributed by atoms with Crippen LogP contribution in [0.25, 0.3) is 0 Å². The number of methoxy groups -OCH3 is 1. The second kappa shape index (κ2) is 4.98. The SMILES string of the molecule is COc1ccc(O)c(C(C)CCN)c1F. The lowest BCUT2D eigenvalue weighted by Gasteiger charge is -2.15. The molecule has 0 aliphatic heterocycles. The van der Waals surface area contributed by atoms with Gasteiger partial charge in [-0.1, -0.05) is 6.92 Å². The van der Waals surface area contributed by atoms with Crippen molar-refractivity contribution in [1.82, 2.24) is 0 Å². The molecule has 84 valence electrons. The number of ether oxygens (including phenoxy) is 1. The molecule has 4 heteroatoms. The molecule has 0 aliphatic rings. The normalized spacial score (nSPS) is 12.5. The molecule has 0 radical (unpaired) electrons. The maximum Gasteiger partial charge on any atom is 0.172 e. The number of rotatable bonds is 4. The predicted octanol–water partition coefficient (Wildman–Crippen LogP) is 1.99. The molecule has 0 amide bonds. The zero-order valence-electron chi connectivity index (χ0n) is 8.96.